The van der Waals surface area contributed by atoms with Gasteiger partial charge in [0.1, 0.15) is 6.10 Å². The molecule has 7 fully saturated rings. The van der Waals surface area contributed by atoms with Crippen molar-refractivity contribution < 1.29 is 29.5 Å². The van der Waals surface area contributed by atoms with Gasteiger partial charge < -0.3 is 29.5 Å². The average Bonchev–Trinajstić information content (AvgIpc) is 3.23. The fourth-order valence-electron chi connectivity index (χ4n) is 13.3. The Morgan fingerprint density at radius 3 is 2.20 bits per heavy atom. The van der Waals surface area contributed by atoms with Crippen LogP contribution in [0.2, 0.25) is 0 Å². The summed E-state index contributed by atoms with van der Waals surface area (Å²) in [5.74, 6) is 2.77. The van der Waals surface area contributed by atoms with Crippen molar-refractivity contribution in [3.8, 4) is 0 Å². The minimum atomic E-state index is -1.41. The molecule has 4 unspecified atom stereocenters. The van der Waals surface area contributed by atoms with Crippen molar-refractivity contribution >= 4 is 0 Å². The Hall–Kier alpha value is -0.240. The second-order valence-corrected chi connectivity index (χ2v) is 18.0. The number of aliphatic hydroxyl groups is 3. The Morgan fingerprint density at radius 1 is 0.732 bits per heavy atom. The molecule has 6 nitrogen and oxygen atoms in total. The fraction of sp³-hybridized carbons (Fsp3) is 1.00. The van der Waals surface area contributed by atoms with Crippen LogP contribution in [-0.4, -0.2) is 58.9 Å². The predicted octanol–water partition coefficient (Wildman–Crippen LogP) is 6.05. The lowest BCUT2D eigenvalue weighted by Gasteiger charge is -2.73. The Labute approximate surface area is 248 Å². The molecular weight excluding hydrogens is 516 g/mol. The van der Waals surface area contributed by atoms with Crippen LogP contribution in [0, 0.1) is 56.2 Å². The number of rotatable bonds is 2. The van der Waals surface area contributed by atoms with E-state index in [1.165, 1.54) is 51.4 Å². The van der Waals surface area contributed by atoms with E-state index in [1.807, 2.05) is 0 Å². The fourth-order valence-corrected chi connectivity index (χ4v) is 13.3. The Kier molecular flexibility index (Phi) is 6.58. The molecule has 7 aliphatic rings. The van der Waals surface area contributed by atoms with Crippen molar-refractivity contribution in [1.82, 2.24) is 0 Å². The maximum Gasteiger partial charge on any atom is 0.186 e. The monoisotopic (exact) mass is 574 g/mol. The molecular formula is C35H58O6. The van der Waals surface area contributed by atoms with Crippen LogP contribution in [0.5, 0.6) is 0 Å². The molecule has 0 aromatic heterocycles. The van der Waals surface area contributed by atoms with E-state index in [-0.39, 0.29) is 23.4 Å². The molecule has 5 saturated carbocycles. The summed E-state index contributed by atoms with van der Waals surface area (Å²) in [7, 11) is 0. The normalized spacial score (nSPS) is 59.0. The lowest BCUT2D eigenvalue weighted by atomic mass is 9.31. The van der Waals surface area contributed by atoms with Crippen LogP contribution in [0.4, 0.5) is 0 Å². The third-order valence-corrected chi connectivity index (χ3v) is 15.8. The SMILES string of the molecule is CC1(C)CC[C@]23CC[C@]4(C)[C@H](CC[C@@H]5[C@@]6(C)CC[C@H](OC7CC(O)C(O)C(O)O7)C(C)(C)[C@@H]6CC[C@]54C)[C@H]2[C@H]1OC3. The van der Waals surface area contributed by atoms with Crippen LogP contribution in [0.1, 0.15) is 119 Å². The largest absolute Gasteiger partial charge is 0.390 e. The lowest BCUT2D eigenvalue weighted by molar-refractivity contribution is -0.332. The van der Waals surface area contributed by atoms with Gasteiger partial charge in [0.05, 0.1) is 24.9 Å². The average molecular weight is 575 g/mol. The van der Waals surface area contributed by atoms with Crippen molar-refractivity contribution in [2.45, 2.75) is 156 Å². The molecule has 0 aromatic rings. The van der Waals surface area contributed by atoms with Gasteiger partial charge in [-0.3, -0.25) is 0 Å². The second-order valence-electron chi connectivity index (χ2n) is 18.0. The van der Waals surface area contributed by atoms with Gasteiger partial charge in [-0.05, 0) is 120 Å². The number of fused-ring (bicyclic) bond motifs is 5. The summed E-state index contributed by atoms with van der Waals surface area (Å²) in [5.41, 5.74) is 1.65. The van der Waals surface area contributed by atoms with E-state index in [4.69, 9.17) is 14.2 Å². The summed E-state index contributed by atoms with van der Waals surface area (Å²) in [6.45, 7) is 18.8. The molecule has 2 aliphatic heterocycles. The van der Waals surface area contributed by atoms with Gasteiger partial charge >= 0.3 is 0 Å². The van der Waals surface area contributed by atoms with Crippen molar-refractivity contribution in [3.63, 3.8) is 0 Å². The first-order valence-corrected chi connectivity index (χ1v) is 17.1. The number of ether oxygens (including phenoxy) is 3. The van der Waals surface area contributed by atoms with Crippen LogP contribution in [0.3, 0.4) is 0 Å². The minimum absolute atomic E-state index is 0.00304. The van der Waals surface area contributed by atoms with Gasteiger partial charge in [0.15, 0.2) is 12.6 Å². The van der Waals surface area contributed by atoms with Crippen molar-refractivity contribution in [2.75, 3.05) is 6.61 Å². The molecule has 234 valence electrons. The molecule has 41 heavy (non-hydrogen) atoms. The van der Waals surface area contributed by atoms with Crippen molar-refractivity contribution in [1.29, 1.82) is 0 Å². The van der Waals surface area contributed by atoms with Gasteiger partial charge in [0.2, 0.25) is 0 Å². The highest BCUT2D eigenvalue weighted by molar-refractivity contribution is 5.21. The molecule has 14 atom stereocenters. The van der Waals surface area contributed by atoms with Crippen molar-refractivity contribution in [2.24, 2.45) is 56.2 Å². The molecule has 2 heterocycles. The molecule has 2 saturated heterocycles. The zero-order valence-corrected chi connectivity index (χ0v) is 26.8. The van der Waals surface area contributed by atoms with Crippen LogP contribution in [0.25, 0.3) is 0 Å². The van der Waals surface area contributed by atoms with Gasteiger partial charge in [-0.25, -0.2) is 0 Å². The molecule has 5 aliphatic carbocycles. The first kappa shape index (κ1) is 29.5. The topological polar surface area (TPSA) is 88.4 Å². The standard InChI is InChI=1S/C35H58O6/c1-30(2)14-16-35-17-15-33(6)20(26(35)28(30)39-19-35)8-9-23-32(5)12-11-24(31(3,4)22(32)10-13-34(23,33)7)40-25-18-21(36)27(37)29(38)41-25/h20-29,36-38H,8-19H2,1-7H3/t20-,21?,22+,23-,24+,25?,26+,27?,28-,29?,32+,33-,34-,35-/m1/s1. The summed E-state index contributed by atoms with van der Waals surface area (Å²) in [5, 5.41) is 30.3. The zero-order valence-electron chi connectivity index (χ0n) is 26.8. The number of aliphatic hydroxyl groups excluding tert-OH is 3. The van der Waals surface area contributed by atoms with Gasteiger partial charge in [-0.1, -0.05) is 48.5 Å². The van der Waals surface area contributed by atoms with E-state index < -0.39 is 24.8 Å². The molecule has 6 heteroatoms. The zero-order chi connectivity index (χ0) is 29.4. The summed E-state index contributed by atoms with van der Waals surface area (Å²) in [6, 6.07) is 0. The minimum Gasteiger partial charge on any atom is -0.390 e. The first-order valence-electron chi connectivity index (χ1n) is 17.1. The lowest BCUT2D eigenvalue weighted by Crippen LogP contribution is -2.68. The molecule has 0 spiro atoms. The Morgan fingerprint density at radius 2 is 1.46 bits per heavy atom. The number of hydrogen-bond acceptors (Lipinski definition) is 6. The molecule has 3 N–H and O–H groups in total. The Bertz CT molecular complexity index is 1030. The van der Waals surface area contributed by atoms with E-state index in [9.17, 15) is 15.3 Å². The third kappa shape index (κ3) is 3.82. The summed E-state index contributed by atoms with van der Waals surface area (Å²) in [6.07, 6.45) is 8.97. The highest BCUT2D eigenvalue weighted by Gasteiger charge is 2.72. The highest BCUT2D eigenvalue weighted by atomic mass is 16.7. The predicted molar refractivity (Wildman–Crippen MR) is 157 cm³/mol. The maximum atomic E-state index is 10.2. The van der Waals surface area contributed by atoms with Gasteiger partial charge in [0, 0.05) is 6.42 Å². The maximum absolute atomic E-state index is 10.2. The quantitative estimate of drug-likeness (QED) is 0.348. The molecule has 2 bridgehead atoms. The molecule has 0 amide bonds. The van der Waals surface area contributed by atoms with Crippen LogP contribution in [0.15, 0.2) is 0 Å². The third-order valence-electron chi connectivity index (χ3n) is 15.8. The molecule has 0 aromatic carbocycles. The van der Waals surface area contributed by atoms with E-state index >= 15 is 0 Å². The van der Waals surface area contributed by atoms with Crippen LogP contribution in [-0.2, 0) is 14.2 Å². The van der Waals surface area contributed by atoms with E-state index in [0.29, 0.717) is 39.6 Å². The summed E-state index contributed by atoms with van der Waals surface area (Å²) >= 11 is 0. The molecule has 7 rings (SSSR count). The summed E-state index contributed by atoms with van der Waals surface area (Å²) in [4.78, 5) is 0. The van der Waals surface area contributed by atoms with E-state index in [1.54, 1.807) is 0 Å². The Balaban J connectivity index is 1.14. The van der Waals surface area contributed by atoms with Crippen LogP contribution >= 0.6 is 0 Å². The van der Waals surface area contributed by atoms with Crippen molar-refractivity contribution in [3.05, 3.63) is 0 Å². The smallest absolute Gasteiger partial charge is 0.186 e. The first-order chi connectivity index (χ1) is 19.1. The van der Waals surface area contributed by atoms with Gasteiger partial charge in [-0.2, -0.15) is 0 Å². The summed E-state index contributed by atoms with van der Waals surface area (Å²) < 4.78 is 18.9. The second kappa shape index (κ2) is 9.16. The van der Waals surface area contributed by atoms with Gasteiger partial charge in [0.25, 0.3) is 0 Å². The highest BCUT2D eigenvalue weighted by Crippen LogP contribution is 2.78. The van der Waals surface area contributed by atoms with Gasteiger partial charge in [-0.15, -0.1) is 0 Å². The van der Waals surface area contributed by atoms with Crippen LogP contribution < -0.4 is 0 Å². The van der Waals surface area contributed by atoms with E-state index in [2.05, 4.69) is 48.5 Å². The number of hydrogen-bond donors (Lipinski definition) is 3. The van der Waals surface area contributed by atoms with E-state index in [0.717, 1.165) is 31.3 Å². The molecule has 0 radical (unpaired) electrons.